The molecule has 0 unspecified atom stereocenters. The zero-order chi connectivity index (χ0) is 17.2. The molecule has 0 atom stereocenters. The molecule has 0 aliphatic carbocycles. The number of sulfonamides is 1. The number of nitrogens with one attached hydrogen (secondary N) is 2. The van der Waals surface area contributed by atoms with E-state index in [2.05, 4.69) is 10.0 Å². The van der Waals surface area contributed by atoms with Crippen LogP contribution in [0.15, 0.2) is 36.4 Å². The van der Waals surface area contributed by atoms with Gasteiger partial charge in [-0.2, -0.15) is 0 Å². The van der Waals surface area contributed by atoms with Gasteiger partial charge in [0.2, 0.25) is 10.0 Å². The molecule has 2 aromatic rings. The second-order valence-corrected chi connectivity index (χ2v) is 7.43. The first-order valence-electron chi connectivity index (χ1n) is 6.82. The van der Waals surface area contributed by atoms with Crippen LogP contribution in [0, 0.1) is 13.8 Å². The Kier molecular flexibility index (Phi) is 4.97. The number of aryl methyl sites for hydroxylation is 1. The summed E-state index contributed by atoms with van der Waals surface area (Å²) in [6.45, 7) is 3.56. The van der Waals surface area contributed by atoms with Crippen molar-refractivity contribution < 1.29 is 13.2 Å². The molecule has 0 saturated heterocycles. The molecule has 0 bridgehead atoms. The quantitative estimate of drug-likeness (QED) is 0.883. The SMILES string of the molecule is Cc1ccc(NC(=O)c2cccc(NS(C)(=O)=O)c2C)cc1Cl. The first-order chi connectivity index (χ1) is 10.7. The Labute approximate surface area is 140 Å². The van der Waals surface area contributed by atoms with E-state index in [1.807, 2.05) is 13.0 Å². The van der Waals surface area contributed by atoms with E-state index in [0.29, 0.717) is 27.5 Å². The van der Waals surface area contributed by atoms with Gasteiger partial charge in [-0.15, -0.1) is 0 Å². The number of anilines is 2. The lowest BCUT2D eigenvalue weighted by atomic mass is 10.1. The Bertz CT molecular complexity index is 864. The zero-order valence-electron chi connectivity index (χ0n) is 13.0. The summed E-state index contributed by atoms with van der Waals surface area (Å²) in [4.78, 5) is 12.4. The molecule has 5 nitrogen and oxygen atoms in total. The van der Waals surface area contributed by atoms with Gasteiger partial charge in [-0.05, 0) is 49.2 Å². The van der Waals surface area contributed by atoms with Gasteiger partial charge < -0.3 is 5.32 Å². The summed E-state index contributed by atoms with van der Waals surface area (Å²) >= 11 is 6.04. The van der Waals surface area contributed by atoms with Crippen LogP contribution in [0.5, 0.6) is 0 Å². The minimum absolute atomic E-state index is 0.334. The van der Waals surface area contributed by atoms with Gasteiger partial charge in [-0.3, -0.25) is 9.52 Å². The molecule has 0 spiro atoms. The van der Waals surface area contributed by atoms with Gasteiger partial charge in [0.25, 0.3) is 5.91 Å². The summed E-state index contributed by atoms with van der Waals surface area (Å²) in [5.74, 6) is -0.334. The van der Waals surface area contributed by atoms with Gasteiger partial charge in [0, 0.05) is 16.3 Å². The fourth-order valence-corrected chi connectivity index (χ4v) is 2.86. The van der Waals surface area contributed by atoms with E-state index in [4.69, 9.17) is 11.6 Å². The van der Waals surface area contributed by atoms with Crippen molar-refractivity contribution in [3.05, 3.63) is 58.1 Å². The molecule has 2 N–H and O–H groups in total. The van der Waals surface area contributed by atoms with Crippen LogP contribution in [-0.2, 0) is 10.0 Å². The number of carbonyl (C=O) groups excluding carboxylic acids is 1. The van der Waals surface area contributed by atoms with E-state index in [-0.39, 0.29) is 5.91 Å². The zero-order valence-corrected chi connectivity index (χ0v) is 14.5. The summed E-state index contributed by atoms with van der Waals surface area (Å²) in [5.41, 5.74) is 2.80. The van der Waals surface area contributed by atoms with Crippen LogP contribution in [0.4, 0.5) is 11.4 Å². The fraction of sp³-hybridized carbons (Fsp3) is 0.188. The Balaban J connectivity index is 2.29. The van der Waals surface area contributed by atoms with Gasteiger partial charge in [0.1, 0.15) is 0 Å². The average molecular weight is 353 g/mol. The van der Waals surface area contributed by atoms with Crippen LogP contribution in [0.25, 0.3) is 0 Å². The molecule has 0 radical (unpaired) electrons. The third-order valence-corrected chi connectivity index (χ3v) is 4.30. The highest BCUT2D eigenvalue weighted by Gasteiger charge is 2.14. The van der Waals surface area contributed by atoms with E-state index < -0.39 is 10.0 Å². The molecule has 7 heteroatoms. The van der Waals surface area contributed by atoms with Crippen LogP contribution >= 0.6 is 11.6 Å². The maximum atomic E-state index is 12.4. The van der Waals surface area contributed by atoms with Crippen LogP contribution < -0.4 is 10.0 Å². The van der Waals surface area contributed by atoms with Gasteiger partial charge >= 0.3 is 0 Å². The smallest absolute Gasteiger partial charge is 0.256 e. The molecule has 2 aromatic carbocycles. The van der Waals surface area contributed by atoms with Crippen molar-refractivity contribution in [3.8, 4) is 0 Å². The minimum atomic E-state index is -3.41. The van der Waals surface area contributed by atoms with Crippen molar-refractivity contribution in [1.82, 2.24) is 0 Å². The minimum Gasteiger partial charge on any atom is -0.322 e. The molecular weight excluding hydrogens is 336 g/mol. The Hall–Kier alpha value is -2.05. The molecule has 2 rings (SSSR count). The number of hydrogen-bond acceptors (Lipinski definition) is 3. The van der Waals surface area contributed by atoms with Gasteiger partial charge in [0.15, 0.2) is 0 Å². The number of rotatable bonds is 4. The molecule has 0 aliphatic heterocycles. The number of amides is 1. The summed E-state index contributed by atoms with van der Waals surface area (Å²) in [6.07, 6.45) is 1.06. The summed E-state index contributed by atoms with van der Waals surface area (Å²) in [6, 6.07) is 10.1. The standard InChI is InChI=1S/C16H17ClN2O3S/c1-10-7-8-12(9-14(10)17)18-16(20)13-5-4-6-15(11(13)2)19-23(3,21)22/h4-9,19H,1-3H3,(H,18,20). The topological polar surface area (TPSA) is 75.3 Å². The highest BCUT2D eigenvalue weighted by Crippen LogP contribution is 2.23. The maximum Gasteiger partial charge on any atom is 0.256 e. The van der Waals surface area contributed by atoms with Crippen LogP contribution in [-0.4, -0.2) is 20.6 Å². The molecule has 23 heavy (non-hydrogen) atoms. The summed E-state index contributed by atoms with van der Waals surface area (Å²) in [5, 5.41) is 3.32. The molecule has 0 heterocycles. The average Bonchev–Trinajstić information content (AvgIpc) is 2.43. The summed E-state index contributed by atoms with van der Waals surface area (Å²) in [7, 11) is -3.41. The third-order valence-electron chi connectivity index (χ3n) is 3.30. The number of carbonyl (C=O) groups is 1. The Morgan fingerprint density at radius 1 is 1.13 bits per heavy atom. The van der Waals surface area contributed by atoms with Crippen molar-refractivity contribution in [2.24, 2.45) is 0 Å². The Morgan fingerprint density at radius 3 is 2.43 bits per heavy atom. The first-order valence-corrected chi connectivity index (χ1v) is 9.09. The second kappa shape index (κ2) is 6.60. The maximum absolute atomic E-state index is 12.4. The van der Waals surface area contributed by atoms with E-state index >= 15 is 0 Å². The van der Waals surface area contributed by atoms with Gasteiger partial charge in [0.05, 0.1) is 11.9 Å². The van der Waals surface area contributed by atoms with E-state index in [9.17, 15) is 13.2 Å². The molecule has 0 fully saturated rings. The Morgan fingerprint density at radius 2 is 1.83 bits per heavy atom. The number of benzene rings is 2. The lowest BCUT2D eigenvalue weighted by Crippen LogP contribution is -2.16. The van der Waals surface area contributed by atoms with Crippen LogP contribution in [0.2, 0.25) is 5.02 Å². The van der Waals surface area contributed by atoms with Crippen molar-refractivity contribution in [2.45, 2.75) is 13.8 Å². The largest absolute Gasteiger partial charge is 0.322 e. The highest BCUT2D eigenvalue weighted by atomic mass is 35.5. The van der Waals surface area contributed by atoms with E-state index in [0.717, 1.165) is 11.8 Å². The lowest BCUT2D eigenvalue weighted by molar-refractivity contribution is 0.102. The third kappa shape index (κ3) is 4.46. The monoisotopic (exact) mass is 352 g/mol. The highest BCUT2D eigenvalue weighted by molar-refractivity contribution is 7.92. The molecule has 0 aromatic heterocycles. The van der Waals surface area contributed by atoms with Crippen molar-refractivity contribution in [3.63, 3.8) is 0 Å². The number of hydrogen-bond donors (Lipinski definition) is 2. The lowest BCUT2D eigenvalue weighted by Gasteiger charge is -2.13. The van der Waals surface area contributed by atoms with Crippen LogP contribution in [0.3, 0.4) is 0 Å². The van der Waals surface area contributed by atoms with Gasteiger partial charge in [-0.25, -0.2) is 8.42 Å². The molecule has 0 saturated carbocycles. The second-order valence-electron chi connectivity index (χ2n) is 5.27. The van der Waals surface area contributed by atoms with E-state index in [1.165, 1.54) is 0 Å². The predicted octanol–water partition coefficient (Wildman–Crippen LogP) is 3.58. The van der Waals surface area contributed by atoms with Gasteiger partial charge in [-0.1, -0.05) is 23.7 Å². The molecule has 0 aliphatic rings. The molecule has 122 valence electrons. The van der Waals surface area contributed by atoms with Crippen molar-refractivity contribution in [2.75, 3.05) is 16.3 Å². The summed E-state index contributed by atoms with van der Waals surface area (Å²) < 4.78 is 25.1. The van der Waals surface area contributed by atoms with Crippen molar-refractivity contribution in [1.29, 1.82) is 0 Å². The predicted molar refractivity (Wildman–Crippen MR) is 93.8 cm³/mol. The fourth-order valence-electron chi connectivity index (χ4n) is 2.06. The van der Waals surface area contributed by atoms with Crippen LogP contribution in [0.1, 0.15) is 21.5 Å². The molecular formula is C16H17ClN2O3S. The normalized spacial score (nSPS) is 11.1. The van der Waals surface area contributed by atoms with E-state index in [1.54, 1.807) is 37.3 Å². The molecule has 1 amide bonds. The first kappa shape index (κ1) is 17.3. The number of halogens is 1. The van der Waals surface area contributed by atoms with Crippen molar-refractivity contribution >= 4 is 38.9 Å².